The quantitative estimate of drug-likeness (QED) is 0.787. The minimum atomic E-state index is -0.465. The standard InChI is InChI=1S/C16H24N2O2S/c1-6-11-8-16(13(17-21)12(11)7-2)9-18(10-16)14(19)20-15(3,4)5/h6-7,13,17,21H,1-2,8-10H2,3-5H3. The number of nitrogens with zero attached hydrogens (tertiary/aromatic N) is 1. The molecule has 1 aliphatic heterocycles. The molecule has 1 unspecified atom stereocenters. The van der Waals surface area contributed by atoms with Crippen LogP contribution in [0.15, 0.2) is 36.5 Å². The molecule has 0 bridgehead atoms. The topological polar surface area (TPSA) is 41.6 Å². The Bertz CT molecular complexity index is 499. The Kier molecular flexibility index (Phi) is 4.26. The molecule has 1 fully saturated rings. The maximum atomic E-state index is 12.1. The SMILES string of the molecule is C=CC1=C(C=C)C(NS)C2(C1)CN(C(=O)OC(C)(C)C)C2. The Morgan fingerprint density at radius 1 is 1.43 bits per heavy atom. The summed E-state index contributed by atoms with van der Waals surface area (Å²) in [6.45, 7) is 14.7. The second kappa shape index (κ2) is 5.54. The van der Waals surface area contributed by atoms with Crippen molar-refractivity contribution >= 4 is 18.9 Å². The second-order valence-electron chi connectivity index (χ2n) is 6.83. The van der Waals surface area contributed by atoms with Gasteiger partial charge in [0, 0.05) is 18.5 Å². The van der Waals surface area contributed by atoms with Crippen LogP contribution in [0.4, 0.5) is 4.79 Å². The smallest absolute Gasteiger partial charge is 0.410 e. The highest BCUT2D eigenvalue weighted by Gasteiger charge is 2.55. The molecule has 1 saturated heterocycles. The fourth-order valence-electron chi connectivity index (χ4n) is 3.21. The summed E-state index contributed by atoms with van der Waals surface area (Å²) in [6.07, 6.45) is 4.36. The van der Waals surface area contributed by atoms with Crippen LogP contribution in [0, 0.1) is 5.41 Å². The minimum Gasteiger partial charge on any atom is -0.444 e. The fraction of sp³-hybridized carbons (Fsp3) is 0.562. The Morgan fingerprint density at radius 2 is 2.05 bits per heavy atom. The largest absolute Gasteiger partial charge is 0.444 e. The van der Waals surface area contributed by atoms with Gasteiger partial charge in [-0.15, -0.1) is 0 Å². The number of thiol groups is 1. The molecule has 1 aliphatic carbocycles. The number of carbonyl (C=O) groups excluding carboxylic acids is 1. The van der Waals surface area contributed by atoms with Crippen LogP contribution < -0.4 is 4.72 Å². The zero-order valence-corrected chi connectivity index (χ0v) is 13.9. The van der Waals surface area contributed by atoms with Gasteiger partial charge in [0.2, 0.25) is 0 Å². The van der Waals surface area contributed by atoms with E-state index in [0.29, 0.717) is 13.1 Å². The lowest BCUT2D eigenvalue weighted by Crippen LogP contribution is -2.64. The van der Waals surface area contributed by atoms with Crippen molar-refractivity contribution in [2.45, 2.75) is 38.8 Å². The summed E-state index contributed by atoms with van der Waals surface area (Å²) in [4.78, 5) is 13.8. The molecule has 0 saturated carbocycles. The van der Waals surface area contributed by atoms with E-state index in [2.05, 4.69) is 30.7 Å². The van der Waals surface area contributed by atoms with Crippen molar-refractivity contribution in [3.05, 3.63) is 36.5 Å². The van der Waals surface area contributed by atoms with Gasteiger partial charge >= 0.3 is 6.09 Å². The molecular formula is C16H24N2O2S. The molecule has 0 aromatic heterocycles. The van der Waals surface area contributed by atoms with Gasteiger partial charge in [-0.25, -0.2) is 4.79 Å². The minimum absolute atomic E-state index is 0.0221. The zero-order chi connectivity index (χ0) is 15.8. The summed E-state index contributed by atoms with van der Waals surface area (Å²) in [5.41, 5.74) is 1.82. The summed E-state index contributed by atoms with van der Waals surface area (Å²) in [5, 5.41) is 0. The number of carbonyl (C=O) groups is 1. The third kappa shape index (κ3) is 2.90. The molecule has 0 aromatic carbocycles. The van der Waals surface area contributed by atoms with E-state index in [1.54, 1.807) is 4.90 Å². The Labute approximate surface area is 132 Å². The van der Waals surface area contributed by atoms with Crippen molar-refractivity contribution in [1.29, 1.82) is 0 Å². The number of ether oxygens (including phenoxy) is 1. The average molecular weight is 308 g/mol. The molecule has 1 spiro atoms. The first-order valence-corrected chi connectivity index (χ1v) is 7.56. The van der Waals surface area contributed by atoms with Crippen LogP contribution in [0.2, 0.25) is 0 Å². The lowest BCUT2D eigenvalue weighted by Gasteiger charge is -2.51. The molecule has 21 heavy (non-hydrogen) atoms. The van der Waals surface area contributed by atoms with E-state index in [4.69, 9.17) is 4.74 Å². The van der Waals surface area contributed by atoms with Crippen LogP contribution in [-0.2, 0) is 4.74 Å². The van der Waals surface area contributed by atoms with Crippen molar-refractivity contribution in [3.63, 3.8) is 0 Å². The van der Waals surface area contributed by atoms with Crippen molar-refractivity contribution in [2.75, 3.05) is 13.1 Å². The molecule has 1 amide bonds. The highest BCUT2D eigenvalue weighted by atomic mass is 32.1. The molecule has 116 valence electrons. The van der Waals surface area contributed by atoms with Crippen LogP contribution in [0.3, 0.4) is 0 Å². The number of likely N-dealkylation sites (tertiary alicyclic amines) is 1. The predicted molar refractivity (Wildman–Crippen MR) is 88.2 cm³/mol. The first-order valence-electron chi connectivity index (χ1n) is 7.12. The molecule has 2 aliphatic rings. The number of amides is 1. The number of hydrogen-bond acceptors (Lipinski definition) is 4. The van der Waals surface area contributed by atoms with Gasteiger partial charge in [-0.05, 0) is 38.3 Å². The van der Waals surface area contributed by atoms with Crippen LogP contribution in [0.25, 0.3) is 0 Å². The summed E-state index contributed by atoms with van der Waals surface area (Å²) >= 11 is 4.26. The van der Waals surface area contributed by atoms with Crippen LogP contribution >= 0.6 is 12.8 Å². The first-order chi connectivity index (χ1) is 9.76. The highest BCUT2D eigenvalue weighted by molar-refractivity contribution is 7.78. The molecule has 0 radical (unpaired) electrons. The predicted octanol–water partition coefficient (Wildman–Crippen LogP) is 3.10. The van der Waals surface area contributed by atoms with Gasteiger partial charge in [0.1, 0.15) is 5.60 Å². The summed E-state index contributed by atoms with van der Waals surface area (Å²) in [7, 11) is 0. The molecule has 5 heteroatoms. The summed E-state index contributed by atoms with van der Waals surface area (Å²) in [6, 6.07) is 0.0880. The third-order valence-corrected chi connectivity index (χ3v) is 4.35. The van der Waals surface area contributed by atoms with E-state index in [0.717, 1.165) is 12.0 Å². The molecule has 1 heterocycles. The van der Waals surface area contributed by atoms with Gasteiger partial charge in [-0.3, -0.25) is 4.72 Å². The zero-order valence-electron chi connectivity index (χ0n) is 13.0. The molecule has 1 N–H and O–H groups in total. The highest BCUT2D eigenvalue weighted by Crippen LogP contribution is 2.49. The molecule has 0 aromatic rings. The molecule has 2 rings (SSSR count). The normalized spacial score (nSPS) is 24.0. The first kappa shape index (κ1) is 16.2. The number of hydrogen-bond donors (Lipinski definition) is 2. The summed E-state index contributed by atoms with van der Waals surface area (Å²) < 4.78 is 8.48. The maximum absolute atomic E-state index is 12.1. The van der Waals surface area contributed by atoms with E-state index in [1.165, 1.54) is 5.57 Å². The van der Waals surface area contributed by atoms with Crippen molar-refractivity contribution < 1.29 is 9.53 Å². The van der Waals surface area contributed by atoms with Crippen molar-refractivity contribution in [1.82, 2.24) is 9.62 Å². The second-order valence-corrected chi connectivity index (χ2v) is 7.08. The van der Waals surface area contributed by atoms with Crippen LogP contribution in [0.1, 0.15) is 27.2 Å². The van der Waals surface area contributed by atoms with Gasteiger partial charge in [0.05, 0.1) is 6.04 Å². The van der Waals surface area contributed by atoms with E-state index >= 15 is 0 Å². The van der Waals surface area contributed by atoms with Crippen molar-refractivity contribution in [2.24, 2.45) is 5.41 Å². The monoisotopic (exact) mass is 308 g/mol. The third-order valence-electron chi connectivity index (χ3n) is 4.10. The Hall–Kier alpha value is -1.20. The fourth-order valence-corrected chi connectivity index (χ4v) is 3.62. The Morgan fingerprint density at radius 3 is 2.48 bits per heavy atom. The van der Waals surface area contributed by atoms with Crippen LogP contribution in [0.5, 0.6) is 0 Å². The maximum Gasteiger partial charge on any atom is 0.410 e. The number of nitrogens with one attached hydrogen (secondary N) is 1. The van der Waals surface area contributed by atoms with Crippen molar-refractivity contribution in [3.8, 4) is 0 Å². The lowest BCUT2D eigenvalue weighted by molar-refractivity contribution is -0.0369. The summed E-state index contributed by atoms with van der Waals surface area (Å²) in [5.74, 6) is 0. The number of allylic oxidation sites excluding steroid dienone is 2. The number of rotatable bonds is 3. The Balaban J connectivity index is 2.07. The molecule has 4 nitrogen and oxygen atoms in total. The lowest BCUT2D eigenvalue weighted by atomic mass is 9.73. The van der Waals surface area contributed by atoms with Gasteiger partial charge in [0.15, 0.2) is 0 Å². The van der Waals surface area contributed by atoms with E-state index in [1.807, 2.05) is 32.9 Å². The van der Waals surface area contributed by atoms with E-state index < -0.39 is 5.60 Å². The molecule has 1 atom stereocenters. The van der Waals surface area contributed by atoms with Gasteiger partial charge in [0.25, 0.3) is 0 Å². The van der Waals surface area contributed by atoms with E-state index in [-0.39, 0.29) is 17.6 Å². The molecular weight excluding hydrogens is 284 g/mol. The van der Waals surface area contributed by atoms with Gasteiger partial charge < -0.3 is 9.64 Å². The van der Waals surface area contributed by atoms with E-state index in [9.17, 15) is 4.79 Å². The van der Waals surface area contributed by atoms with Crippen LogP contribution in [-0.4, -0.2) is 35.7 Å². The van der Waals surface area contributed by atoms with Gasteiger partial charge in [-0.2, -0.15) is 0 Å². The average Bonchev–Trinajstić information content (AvgIpc) is 2.67. The van der Waals surface area contributed by atoms with Gasteiger partial charge in [-0.1, -0.05) is 38.1 Å².